The molecule has 5 nitrogen and oxygen atoms in total. The number of anilines is 1. The molecule has 1 aliphatic rings. The maximum Gasteiger partial charge on any atom is 0.283 e. The first-order valence-electron chi connectivity index (χ1n) is 6.95. The largest absolute Gasteiger partial charge is 0.383 e. The van der Waals surface area contributed by atoms with Crippen molar-refractivity contribution in [3.8, 4) is 0 Å². The van der Waals surface area contributed by atoms with Crippen LogP contribution in [0.5, 0.6) is 0 Å². The molecule has 0 saturated carbocycles. The maximum atomic E-state index is 12.0. The van der Waals surface area contributed by atoms with Crippen LogP contribution < -0.4 is 16.2 Å². The van der Waals surface area contributed by atoms with Crippen molar-refractivity contribution in [3.63, 3.8) is 0 Å². The van der Waals surface area contributed by atoms with Crippen LogP contribution in [0.3, 0.4) is 0 Å². The number of aryl methyl sites for hydroxylation is 1. The van der Waals surface area contributed by atoms with Gasteiger partial charge >= 0.3 is 0 Å². The van der Waals surface area contributed by atoms with E-state index in [1.165, 1.54) is 17.5 Å². The van der Waals surface area contributed by atoms with Crippen molar-refractivity contribution in [1.82, 2.24) is 15.1 Å². The van der Waals surface area contributed by atoms with Gasteiger partial charge in [0.1, 0.15) is 4.47 Å². The van der Waals surface area contributed by atoms with Crippen molar-refractivity contribution in [2.45, 2.75) is 45.2 Å². The SMILES string of the molecule is CCCn1ncc(NCC[C@@H]2CCCN2)c(Br)c1=O. The van der Waals surface area contributed by atoms with Gasteiger partial charge in [0, 0.05) is 19.1 Å². The Bertz CT molecular complexity index is 468. The van der Waals surface area contributed by atoms with Crippen molar-refractivity contribution in [1.29, 1.82) is 0 Å². The summed E-state index contributed by atoms with van der Waals surface area (Å²) in [6.45, 7) is 4.67. The molecule has 2 rings (SSSR count). The van der Waals surface area contributed by atoms with Gasteiger partial charge in [0.05, 0.1) is 11.9 Å². The Labute approximate surface area is 121 Å². The predicted octanol–water partition coefficient (Wildman–Crippen LogP) is 1.97. The number of nitrogens with zero attached hydrogens (tertiary/aromatic N) is 2. The minimum Gasteiger partial charge on any atom is -0.383 e. The number of hydrogen-bond acceptors (Lipinski definition) is 4. The van der Waals surface area contributed by atoms with Crippen molar-refractivity contribution in [2.75, 3.05) is 18.4 Å². The fourth-order valence-electron chi connectivity index (χ4n) is 2.34. The molecule has 106 valence electrons. The summed E-state index contributed by atoms with van der Waals surface area (Å²) in [5.41, 5.74) is 0.723. The van der Waals surface area contributed by atoms with E-state index in [9.17, 15) is 4.79 Å². The van der Waals surface area contributed by atoms with Gasteiger partial charge < -0.3 is 10.6 Å². The lowest BCUT2D eigenvalue weighted by Crippen LogP contribution is -2.26. The summed E-state index contributed by atoms with van der Waals surface area (Å²) in [6.07, 6.45) is 6.22. The fraction of sp³-hybridized carbons (Fsp3) is 0.692. The van der Waals surface area contributed by atoms with Crippen molar-refractivity contribution in [3.05, 3.63) is 21.0 Å². The molecule has 2 heterocycles. The Kier molecular flexibility index (Phi) is 5.39. The summed E-state index contributed by atoms with van der Waals surface area (Å²) >= 11 is 3.36. The molecular formula is C13H21BrN4O. The highest BCUT2D eigenvalue weighted by Crippen LogP contribution is 2.17. The van der Waals surface area contributed by atoms with E-state index in [1.807, 2.05) is 6.92 Å². The number of rotatable bonds is 6. The normalized spacial score (nSPS) is 18.7. The van der Waals surface area contributed by atoms with Crippen LogP contribution >= 0.6 is 15.9 Å². The van der Waals surface area contributed by atoms with Gasteiger partial charge in [-0.1, -0.05) is 6.92 Å². The monoisotopic (exact) mass is 328 g/mol. The highest BCUT2D eigenvalue weighted by Gasteiger charge is 2.14. The highest BCUT2D eigenvalue weighted by atomic mass is 79.9. The van der Waals surface area contributed by atoms with E-state index in [2.05, 4.69) is 31.7 Å². The van der Waals surface area contributed by atoms with E-state index in [1.54, 1.807) is 6.20 Å². The van der Waals surface area contributed by atoms with Crippen molar-refractivity contribution >= 4 is 21.6 Å². The summed E-state index contributed by atoms with van der Waals surface area (Å²) in [5, 5.41) is 10.9. The molecule has 1 aromatic heterocycles. The second-order valence-electron chi connectivity index (χ2n) is 4.91. The smallest absolute Gasteiger partial charge is 0.283 e. The minimum atomic E-state index is -0.0640. The quantitative estimate of drug-likeness (QED) is 0.838. The third kappa shape index (κ3) is 3.79. The average molecular weight is 329 g/mol. The van der Waals surface area contributed by atoms with Crippen LogP contribution in [0.1, 0.15) is 32.6 Å². The Morgan fingerprint density at radius 2 is 2.47 bits per heavy atom. The second-order valence-corrected chi connectivity index (χ2v) is 5.70. The molecule has 1 aromatic rings. The molecule has 19 heavy (non-hydrogen) atoms. The van der Waals surface area contributed by atoms with Gasteiger partial charge in [0.25, 0.3) is 5.56 Å². The van der Waals surface area contributed by atoms with Gasteiger partial charge in [0.2, 0.25) is 0 Å². The van der Waals surface area contributed by atoms with E-state index >= 15 is 0 Å². The molecule has 0 unspecified atom stereocenters. The Morgan fingerprint density at radius 3 is 3.16 bits per heavy atom. The Balaban J connectivity index is 1.92. The van der Waals surface area contributed by atoms with Gasteiger partial charge in [-0.05, 0) is 48.2 Å². The third-order valence-corrected chi connectivity index (χ3v) is 4.16. The van der Waals surface area contributed by atoms with Crippen molar-refractivity contribution < 1.29 is 0 Å². The fourth-order valence-corrected chi connectivity index (χ4v) is 2.79. The van der Waals surface area contributed by atoms with E-state index in [-0.39, 0.29) is 5.56 Å². The van der Waals surface area contributed by atoms with E-state index in [0.717, 1.165) is 31.6 Å². The molecule has 0 radical (unpaired) electrons. The molecule has 1 fully saturated rings. The molecule has 0 bridgehead atoms. The molecule has 1 saturated heterocycles. The summed E-state index contributed by atoms with van der Waals surface area (Å²) in [5.74, 6) is 0. The van der Waals surface area contributed by atoms with Crippen molar-refractivity contribution in [2.24, 2.45) is 0 Å². The van der Waals surface area contributed by atoms with Gasteiger partial charge in [0.15, 0.2) is 0 Å². The molecule has 0 aliphatic carbocycles. The lowest BCUT2D eigenvalue weighted by atomic mass is 10.1. The van der Waals surface area contributed by atoms with Crippen LogP contribution in [0.15, 0.2) is 15.5 Å². The van der Waals surface area contributed by atoms with Crippen LogP contribution in [0.25, 0.3) is 0 Å². The Morgan fingerprint density at radius 1 is 1.63 bits per heavy atom. The zero-order valence-electron chi connectivity index (χ0n) is 11.3. The molecule has 2 N–H and O–H groups in total. The lowest BCUT2D eigenvalue weighted by molar-refractivity contribution is 0.563. The minimum absolute atomic E-state index is 0.0640. The van der Waals surface area contributed by atoms with Gasteiger partial charge in [-0.3, -0.25) is 4.79 Å². The van der Waals surface area contributed by atoms with Crippen LogP contribution in [-0.4, -0.2) is 28.9 Å². The standard InChI is InChI=1S/C13H21BrN4O/c1-2-8-18-13(19)12(14)11(9-17-18)16-7-5-10-4-3-6-15-10/h9-10,15-16H,2-8H2,1H3/t10-/m0/s1. The zero-order valence-corrected chi connectivity index (χ0v) is 12.9. The second kappa shape index (κ2) is 7.05. The van der Waals surface area contributed by atoms with Crippen LogP contribution in [0.2, 0.25) is 0 Å². The van der Waals surface area contributed by atoms with Gasteiger partial charge in [-0.15, -0.1) is 0 Å². The first-order chi connectivity index (χ1) is 9.22. The molecular weight excluding hydrogens is 308 g/mol. The Hall–Kier alpha value is -0.880. The van der Waals surface area contributed by atoms with Crippen LogP contribution in [-0.2, 0) is 6.54 Å². The van der Waals surface area contributed by atoms with E-state index < -0.39 is 0 Å². The lowest BCUT2D eigenvalue weighted by Gasteiger charge is -2.13. The average Bonchev–Trinajstić information content (AvgIpc) is 2.91. The third-order valence-electron chi connectivity index (χ3n) is 3.39. The van der Waals surface area contributed by atoms with E-state index in [4.69, 9.17) is 0 Å². The molecule has 0 aromatic carbocycles. The summed E-state index contributed by atoms with van der Waals surface area (Å²) in [4.78, 5) is 12.0. The molecule has 0 amide bonds. The van der Waals surface area contributed by atoms with Gasteiger partial charge in [-0.25, -0.2) is 4.68 Å². The van der Waals surface area contributed by atoms with Crippen LogP contribution in [0, 0.1) is 0 Å². The summed E-state index contributed by atoms with van der Waals surface area (Å²) < 4.78 is 2.07. The molecule has 1 aliphatic heterocycles. The first kappa shape index (κ1) is 14.5. The highest BCUT2D eigenvalue weighted by molar-refractivity contribution is 9.10. The zero-order chi connectivity index (χ0) is 13.7. The number of halogens is 1. The first-order valence-corrected chi connectivity index (χ1v) is 7.74. The van der Waals surface area contributed by atoms with Crippen LogP contribution in [0.4, 0.5) is 5.69 Å². The summed E-state index contributed by atoms with van der Waals surface area (Å²) in [6, 6.07) is 0.611. The number of aromatic nitrogens is 2. The molecule has 6 heteroatoms. The number of hydrogen-bond donors (Lipinski definition) is 2. The predicted molar refractivity (Wildman–Crippen MR) is 80.6 cm³/mol. The molecule has 1 atom stereocenters. The topological polar surface area (TPSA) is 59.0 Å². The summed E-state index contributed by atoms with van der Waals surface area (Å²) in [7, 11) is 0. The number of nitrogens with one attached hydrogen (secondary N) is 2. The molecule has 0 spiro atoms. The maximum absolute atomic E-state index is 12.0. The van der Waals surface area contributed by atoms with Gasteiger partial charge in [-0.2, -0.15) is 5.10 Å². The van der Waals surface area contributed by atoms with E-state index in [0.29, 0.717) is 17.1 Å².